The summed E-state index contributed by atoms with van der Waals surface area (Å²) in [5.41, 5.74) is 0. The first-order valence-corrected chi connectivity index (χ1v) is 9.38. The van der Waals surface area contributed by atoms with Crippen LogP contribution in [0.15, 0.2) is 0 Å². The van der Waals surface area contributed by atoms with Gasteiger partial charge in [0.05, 0.1) is 11.7 Å². The van der Waals surface area contributed by atoms with Crippen LogP contribution in [-0.4, -0.2) is 55.5 Å². The summed E-state index contributed by atoms with van der Waals surface area (Å²) in [6, 6.07) is 0. The molecule has 0 spiro atoms. The maximum absolute atomic E-state index is 12.5. The molecule has 1 aliphatic carbocycles. The number of hydrogen-bond donors (Lipinski definition) is 0. The Bertz CT molecular complexity index is 487. The lowest BCUT2D eigenvalue weighted by Crippen LogP contribution is -2.46. The third-order valence-corrected chi connectivity index (χ3v) is 6.85. The van der Waals surface area contributed by atoms with Crippen molar-refractivity contribution < 1.29 is 13.2 Å². The second-order valence-electron chi connectivity index (χ2n) is 6.52. The number of hydrogen-bond acceptors (Lipinski definition) is 3. The van der Waals surface area contributed by atoms with Gasteiger partial charge >= 0.3 is 0 Å². The molecular formula is C14H24N2O3S. The van der Waals surface area contributed by atoms with E-state index in [2.05, 4.69) is 0 Å². The fourth-order valence-corrected chi connectivity index (χ4v) is 5.06. The minimum atomic E-state index is -3.16. The summed E-state index contributed by atoms with van der Waals surface area (Å²) in [6.07, 6.45) is 4.08. The molecule has 114 valence electrons. The Kier molecular flexibility index (Phi) is 3.79. The fourth-order valence-electron chi connectivity index (χ4n) is 3.48. The highest BCUT2D eigenvalue weighted by Crippen LogP contribution is 2.36. The number of amides is 1. The lowest BCUT2D eigenvalue weighted by molar-refractivity contribution is -0.139. The molecule has 2 aliphatic heterocycles. The van der Waals surface area contributed by atoms with Crippen molar-refractivity contribution in [2.24, 2.45) is 17.8 Å². The Morgan fingerprint density at radius 1 is 1.20 bits per heavy atom. The maximum atomic E-state index is 12.5. The summed E-state index contributed by atoms with van der Waals surface area (Å²) in [6.45, 7) is 4.55. The second-order valence-corrected chi connectivity index (χ2v) is 8.60. The van der Waals surface area contributed by atoms with Gasteiger partial charge < -0.3 is 4.90 Å². The van der Waals surface area contributed by atoms with E-state index in [0.717, 1.165) is 19.5 Å². The monoisotopic (exact) mass is 300 g/mol. The molecule has 2 atom stereocenters. The lowest BCUT2D eigenvalue weighted by Gasteiger charge is -2.33. The van der Waals surface area contributed by atoms with Crippen molar-refractivity contribution in [3.05, 3.63) is 0 Å². The predicted molar refractivity (Wildman–Crippen MR) is 76.6 cm³/mol. The molecule has 3 fully saturated rings. The van der Waals surface area contributed by atoms with Crippen LogP contribution in [0.4, 0.5) is 0 Å². The predicted octanol–water partition coefficient (Wildman–Crippen LogP) is 0.917. The number of fused-ring (bicyclic) bond motifs is 1. The first-order valence-electron chi connectivity index (χ1n) is 7.78. The Morgan fingerprint density at radius 2 is 1.95 bits per heavy atom. The van der Waals surface area contributed by atoms with Crippen molar-refractivity contribution in [2.75, 3.05) is 31.9 Å². The van der Waals surface area contributed by atoms with E-state index in [4.69, 9.17) is 0 Å². The van der Waals surface area contributed by atoms with Crippen LogP contribution in [0.25, 0.3) is 0 Å². The lowest BCUT2D eigenvalue weighted by atomic mass is 9.88. The van der Waals surface area contributed by atoms with Gasteiger partial charge in [-0.1, -0.05) is 6.92 Å². The Morgan fingerprint density at radius 3 is 2.60 bits per heavy atom. The topological polar surface area (TPSA) is 57.7 Å². The highest BCUT2D eigenvalue weighted by atomic mass is 32.2. The quantitative estimate of drug-likeness (QED) is 0.758. The van der Waals surface area contributed by atoms with Crippen LogP contribution < -0.4 is 0 Å². The van der Waals surface area contributed by atoms with Crippen molar-refractivity contribution in [1.82, 2.24) is 9.21 Å². The van der Waals surface area contributed by atoms with Crippen LogP contribution in [0.3, 0.4) is 0 Å². The van der Waals surface area contributed by atoms with Crippen molar-refractivity contribution in [2.45, 2.75) is 32.6 Å². The minimum absolute atomic E-state index is 0.0888. The average Bonchev–Trinajstić information content (AvgIpc) is 3.08. The smallest absolute Gasteiger partial charge is 0.227 e. The molecule has 1 saturated carbocycles. The average molecular weight is 300 g/mol. The van der Waals surface area contributed by atoms with Crippen molar-refractivity contribution in [1.29, 1.82) is 0 Å². The van der Waals surface area contributed by atoms with Crippen LogP contribution in [0.1, 0.15) is 32.6 Å². The molecule has 3 aliphatic rings. The van der Waals surface area contributed by atoms with E-state index in [1.54, 1.807) is 4.31 Å². The number of carbonyl (C=O) groups is 1. The van der Waals surface area contributed by atoms with E-state index in [0.29, 0.717) is 25.4 Å². The van der Waals surface area contributed by atoms with E-state index in [-0.39, 0.29) is 23.5 Å². The first-order chi connectivity index (χ1) is 9.51. The number of rotatable bonds is 5. The summed E-state index contributed by atoms with van der Waals surface area (Å²) in [4.78, 5) is 14.5. The van der Waals surface area contributed by atoms with Gasteiger partial charge in [-0.2, -0.15) is 0 Å². The zero-order valence-electron chi connectivity index (χ0n) is 12.1. The maximum Gasteiger partial charge on any atom is 0.227 e. The van der Waals surface area contributed by atoms with Crippen LogP contribution in [0.5, 0.6) is 0 Å². The molecule has 0 radical (unpaired) electrons. The van der Waals surface area contributed by atoms with Gasteiger partial charge in [0.2, 0.25) is 15.9 Å². The van der Waals surface area contributed by atoms with E-state index >= 15 is 0 Å². The number of carbonyl (C=O) groups excluding carboxylic acids is 1. The van der Waals surface area contributed by atoms with E-state index in [1.807, 2.05) is 11.8 Å². The van der Waals surface area contributed by atoms with Gasteiger partial charge in [0, 0.05) is 26.2 Å². The van der Waals surface area contributed by atoms with Gasteiger partial charge in [0.25, 0.3) is 0 Å². The number of nitrogens with zero attached hydrogens (tertiary/aromatic N) is 2. The van der Waals surface area contributed by atoms with Crippen molar-refractivity contribution in [3.63, 3.8) is 0 Å². The Balaban J connectivity index is 1.66. The standard InChI is InChI=1S/C14H24N2O3S/c1-2-7-20(18,19)16-9-12-5-6-15(8-11-3-4-11)14(17)13(12)10-16/h11-13H,2-10H2,1H3. The normalized spacial score (nSPS) is 31.6. The molecule has 0 aromatic carbocycles. The summed E-state index contributed by atoms with van der Waals surface area (Å²) < 4.78 is 25.9. The molecule has 2 heterocycles. The zero-order chi connectivity index (χ0) is 14.3. The second kappa shape index (κ2) is 5.30. The largest absolute Gasteiger partial charge is 0.342 e. The van der Waals surface area contributed by atoms with Crippen LogP contribution in [0, 0.1) is 17.8 Å². The van der Waals surface area contributed by atoms with E-state index < -0.39 is 10.0 Å². The van der Waals surface area contributed by atoms with Crippen LogP contribution >= 0.6 is 0 Å². The molecule has 1 amide bonds. The summed E-state index contributed by atoms with van der Waals surface area (Å²) >= 11 is 0. The molecule has 2 saturated heterocycles. The Hall–Kier alpha value is -0.620. The fraction of sp³-hybridized carbons (Fsp3) is 0.929. The van der Waals surface area contributed by atoms with Crippen LogP contribution in [0.2, 0.25) is 0 Å². The molecule has 3 rings (SSSR count). The van der Waals surface area contributed by atoms with Crippen molar-refractivity contribution in [3.8, 4) is 0 Å². The van der Waals surface area contributed by atoms with Crippen LogP contribution in [-0.2, 0) is 14.8 Å². The van der Waals surface area contributed by atoms with Gasteiger partial charge in [0.1, 0.15) is 0 Å². The van der Waals surface area contributed by atoms with Gasteiger partial charge in [-0.15, -0.1) is 0 Å². The number of likely N-dealkylation sites (tertiary alicyclic amines) is 1. The molecule has 0 aromatic rings. The third-order valence-electron chi connectivity index (χ3n) is 4.84. The molecule has 0 N–H and O–H groups in total. The summed E-state index contributed by atoms with van der Waals surface area (Å²) in [5.74, 6) is 1.25. The molecule has 2 unspecified atom stereocenters. The zero-order valence-corrected chi connectivity index (χ0v) is 12.9. The van der Waals surface area contributed by atoms with E-state index in [9.17, 15) is 13.2 Å². The molecule has 6 heteroatoms. The highest BCUT2D eigenvalue weighted by molar-refractivity contribution is 7.89. The van der Waals surface area contributed by atoms with Gasteiger partial charge in [-0.05, 0) is 37.5 Å². The number of piperidine rings is 1. The SMILES string of the molecule is CCCS(=O)(=O)N1CC2CCN(CC3CC3)C(=O)C2C1. The summed E-state index contributed by atoms with van der Waals surface area (Å²) in [7, 11) is -3.16. The van der Waals surface area contributed by atoms with Gasteiger partial charge in [-0.3, -0.25) is 4.79 Å². The highest BCUT2D eigenvalue weighted by Gasteiger charge is 2.46. The molecule has 0 bridgehead atoms. The third kappa shape index (κ3) is 2.72. The first kappa shape index (κ1) is 14.3. The Labute approximate surface area is 121 Å². The van der Waals surface area contributed by atoms with Gasteiger partial charge in [-0.25, -0.2) is 12.7 Å². The minimum Gasteiger partial charge on any atom is -0.342 e. The van der Waals surface area contributed by atoms with Crippen molar-refractivity contribution >= 4 is 15.9 Å². The molecule has 0 aromatic heterocycles. The van der Waals surface area contributed by atoms with E-state index in [1.165, 1.54) is 12.8 Å². The molecule has 20 heavy (non-hydrogen) atoms. The summed E-state index contributed by atoms with van der Waals surface area (Å²) in [5, 5.41) is 0. The molecular weight excluding hydrogens is 276 g/mol. The van der Waals surface area contributed by atoms with Gasteiger partial charge in [0.15, 0.2) is 0 Å². The molecule has 5 nitrogen and oxygen atoms in total. The number of sulfonamides is 1.